The van der Waals surface area contributed by atoms with Gasteiger partial charge in [0.25, 0.3) is 5.91 Å². The van der Waals surface area contributed by atoms with Crippen LogP contribution in [0.2, 0.25) is 0 Å². The Morgan fingerprint density at radius 3 is 2.78 bits per heavy atom. The normalized spacial score (nSPS) is 33.4. The van der Waals surface area contributed by atoms with Gasteiger partial charge in [-0.3, -0.25) is 9.36 Å². The van der Waals surface area contributed by atoms with Crippen LogP contribution in [0.5, 0.6) is 11.5 Å². The molecule has 8 atom stereocenters. The molecule has 0 radical (unpaired) electrons. The zero-order valence-corrected chi connectivity index (χ0v) is 27.0. The number of oxazole rings is 1. The lowest BCUT2D eigenvalue weighted by molar-refractivity contribution is -0.571. The van der Waals surface area contributed by atoms with E-state index in [0.717, 1.165) is 44.1 Å². The van der Waals surface area contributed by atoms with E-state index in [2.05, 4.69) is 19.2 Å². The number of ether oxygens (including phenoxy) is 3. The summed E-state index contributed by atoms with van der Waals surface area (Å²) in [5.74, 6) is -0.0511. The maximum absolute atomic E-state index is 12.6. The number of benzene rings is 2. The molecule has 4 aliphatic heterocycles. The highest BCUT2D eigenvalue weighted by Crippen LogP contribution is 2.60. The van der Waals surface area contributed by atoms with Crippen molar-refractivity contribution in [3.8, 4) is 11.5 Å². The average molecular weight is 637 g/mol. The number of aromatic nitrogens is 1. The van der Waals surface area contributed by atoms with Crippen LogP contribution in [0.1, 0.15) is 70.4 Å². The summed E-state index contributed by atoms with van der Waals surface area (Å²) in [5.41, 5.74) is 2.34. The van der Waals surface area contributed by atoms with Crippen molar-refractivity contribution in [3.63, 3.8) is 0 Å². The second-order valence-electron chi connectivity index (χ2n) is 14.0. The third-order valence-electron chi connectivity index (χ3n) is 10.8. The molecule has 248 valence electrons. The summed E-state index contributed by atoms with van der Waals surface area (Å²) in [6, 6.07) is 10.4. The predicted octanol–water partition coefficient (Wildman–Crippen LogP) is 5.18. The van der Waals surface area contributed by atoms with Crippen LogP contribution >= 0.6 is 0 Å². The molecule has 46 heavy (non-hydrogen) atoms. The van der Waals surface area contributed by atoms with Crippen molar-refractivity contribution in [2.45, 2.75) is 96.5 Å². The molecular weight excluding hydrogens is 592 g/mol. The Bertz CT molecular complexity index is 1670. The lowest BCUT2D eigenvalue weighted by atomic mass is 9.57. The van der Waals surface area contributed by atoms with Crippen molar-refractivity contribution in [2.24, 2.45) is 23.7 Å². The second kappa shape index (κ2) is 12.0. The number of phenols is 1. The molecule has 11 heteroatoms. The van der Waals surface area contributed by atoms with Crippen molar-refractivity contribution in [3.05, 3.63) is 58.1 Å². The van der Waals surface area contributed by atoms with E-state index in [0.29, 0.717) is 35.0 Å². The molecule has 1 aromatic heterocycles. The van der Waals surface area contributed by atoms with Crippen LogP contribution in [-0.2, 0) is 30.6 Å². The van der Waals surface area contributed by atoms with Gasteiger partial charge in [0, 0.05) is 18.9 Å². The largest absolute Gasteiger partial charge is 0.504 e. The molecule has 5 fully saturated rings. The molecule has 2 N–H and O–H groups in total. The topological polar surface area (TPSA) is 131 Å². The molecule has 1 unspecified atom stereocenters. The number of nitrogens with one attached hydrogen (secondary N) is 1. The molecule has 2 bridgehead atoms. The highest BCUT2D eigenvalue weighted by molar-refractivity contribution is 5.77. The number of rotatable bonds is 9. The monoisotopic (exact) mass is 636 g/mol. The van der Waals surface area contributed by atoms with Crippen LogP contribution in [0.4, 0.5) is 0 Å². The van der Waals surface area contributed by atoms with Crippen molar-refractivity contribution in [2.75, 3.05) is 13.2 Å². The lowest BCUT2D eigenvalue weighted by Gasteiger charge is -2.60. The summed E-state index contributed by atoms with van der Waals surface area (Å²) in [6.07, 6.45) is 5.06. The van der Waals surface area contributed by atoms with E-state index < -0.39 is 23.4 Å². The second-order valence-corrected chi connectivity index (χ2v) is 14.0. The fourth-order valence-corrected chi connectivity index (χ4v) is 8.32. The number of carbonyl (C=O) groups excluding carboxylic acids is 1. The summed E-state index contributed by atoms with van der Waals surface area (Å²) >= 11 is 0. The number of nitrogens with zero attached hydrogens (tertiary/aromatic N) is 1. The Hall–Kier alpha value is -3.38. The van der Waals surface area contributed by atoms with Crippen molar-refractivity contribution in [1.82, 2.24) is 9.88 Å². The van der Waals surface area contributed by atoms with E-state index in [1.165, 1.54) is 10.6 Å². The fourth-order valence-electron chi connectivity index (χ4n) is 8.32. The predicted molar refractivity (Wildman–Crippen MR) is 167 cm³/mol. The molecule has 8 rings (SSSR count). The van der Waals surface area contributed by atoms with E-state index in [1.807, 2.05) is 26.0 Å². The van der Waals surface area contributed by atoms with Crippen molar-refractivity contribution < 1.29 is 38.3 Å². The van der Waals surface area contributed by atoms with E-state index in [4.69, 9.17) is 28.4 Å². The van der Waals surface area contributed by atoms with Crippen LogP contribution in [0.25, 0.3) is 11.1 Å². The number of carbonyl (C=O) groups is 1. The molecule has 1 spiro atoms. The third kappa shape index (κ3) is 5.51. The first kappa shape index (κ1) is 31.2. The first-order valence-corrected chi connectivity index (χ1v) is 16.6. The smallest absolute Gasteiger partial charge is 0.420 e. The molecule has 1 amide bonds. The van der Waals surface area contributed by atoms with Gasteiger partial charge in [-0.2, -0.15) is 0 Å². The first-order valence-electron chi connectivity index (χ1n) is 16.6. The summed E-state index contributed by atoms with van der Waals surface area (Å²) in [5, 5.41) is 13.5. The summed E-state index contributed by atoms with van der Waals surface area (Å²) in [4.78, 5) is 37.1. The van der Waals surface area contributed by atoms with Gasteiger partial charge in [0.2, 0.25) is 5.79 Å². The molecule has 2 aromatic carbocycles. The fraction of sp³-hybridized carbons (Fsp3) is 0.600. The van der Waals surface area contributed by atoms with Crippen molar-refractivity contribution in [1.29, 1.82) is 0 Å². The van der Waals surface area contributed by atoms with Gasteiger partial charge in [0.15, 0.2) is 35.6 Å². The molecule has 1 saturated carbocycles. The zero-order chi connectivity index (χ0) is 32.2. The number of aromatic hydroxyl groups is 1. The highest BCUT2D eigenvalue weighted by Gasteiger charge is 2.69. The molecule has 11 nitrogen and oxygen atoms in total. The van der Waals surface area contributed by atoms with Gasteiger partial charge in [-0.1, -0.05) is 26.0 Å². The number of hydrogen-bond donors (Lipinski definition) is 2. The van der Waals surface area contributed by atoms with E-state index >= 15 is 0 Å². The number of fused-ring (bicyclic) bond motifs is 3. The third-order valence-corrected chi connectivity index (χ3v) is 10.8. The summed E-state index contributed by atoms with van der Waals surface area (Å²) < 4.78 is 25.6. The Labute approximate surface area is 268 Å². The number of aryl methyl sites for hydroxylation is 1. The minimum absolute atomic E-state index is 0.00948. The summed E-state index contributed by atoms with van der Waals surface area (Å²) in [7, 11) is 0. The molecular formula is C35H44N2O9. The maximum atomic E-state index is 12.6. The quantitative estimate of drug-likeness (QED) is 0.241. The van der Waals surface area contributed by atoms with Gasteiger partial charge in [0.05, 0.1) is 18.2 Å². The molecule has 1 aliphatic carbocycles. The van der Waals surface area contributed by atoms with Gasteiger partial charge in [0.1, 0.15) is 0 Å². The maximum Gasteiger partial charge on any atom is 0.420 e. The van der Waals surface area contributed by atoms with E-state index in [-0.39, 0.29) is 48.5 Å². The van der Waals surface area contributed by atoms with Gasteiger partial charge in [-0.15, -0.1) is 0 Å². The molecule has 5 heterocycles. The minimum atomic E-state index is -0.793. The number of phenolic OH excluding ortho intramolecular Hbond substituents is 1. The Morgan fingerprint density at radius 2 is 1.96 bits per heavy atom. The molecule has 4 saturated heterocycles. The molecule has 5 aliphatic rings. The van der Waals surface area contributed by atoms with Gasteiger partial charge in [-0.05, 0) is 99.1 Å². The van der Waals surface area contributed by atoms with Crippen LogP contribution in [0.3, 0.4) is 0 Å². The zero-order valence-electron chi connectivity index (χ0n) is 27.0. The van der Waals surface area contributed by atoms with Gasteiger partial charge < -0.3 is 29.1 Å². The SMILES string of the molecule is Cc1ccc2oc(=O)n(Cc3ccc(OCC(=O)NCCCC4O[C@@H]5O[C@@]6(C)CC[C@H]7[C@H](C)CC[C@@H]([C@H]4C)[C@@]57OO6)c(O)c3)c2c1. The Morgan fingerprint density at radius 1 is 1.11 bits per heavy atom. The van der Waals surface area contributed by atoms with Gasteiger partial charge in [-0.25, -0.2) is 14.6 Å². The number of hydrogen-bond acceptors (Lipinski definition) is 9. The highest BCUT2D eigenvalue weighted by atomic mass is 17.3. The van der Waals surface area contributed by atoms with Gasteiger partial charge >= 0.3 is 5.76 Å². The van der Waals surface area contributed by atoms with Crippen LogP contribution in [0.15, 0.2) is 45.6 Å². The van der Waals surface area contributed by atoms with E-state index in [9.17, 15) is 14.7 Å². The number of amides is 1. The average Bonchev–Trinajstić information content (AvgIpc) is 3.14. The minimum Gasteiger partial charge on any atom is -0.504 e. The van der Waals surface area contributed by atoms with Crippen LogP contribution in [-0.4, -0.2) is 52.5 Å². The Balaban J connectivity index is 0.900. The van der Waals surface area contributed by atoms with Crippen LogP contribution in [0, 0.1) is 30.6 Å². The first-order chi connectivity index (χ1) is 22.1. The van der Waals surface area contributed by atoms with Crippen LogP contribution < -0.4 is 15.8 Å². The Kier molecular flexibility index (Phi) is 8.15. The lowest BCUT2D eigenvalue weighted by Crippen LogP contribution is -2.70. The van der Waals surface area contributed by atoms with E-state index in [1.54, 1.807) is 18.2 Å². The standard InChI is InChI=1S/C35H44N2O9/c1-20-7-11-29-26(16-20)37(33(40)43-29)18-23-9-12-30(27(38)17-23)41-19-31(39)36-15-5-6-28-22(3)25-10-8-21(2)24-13-14-34(4)44-32(42-28)35(24,25)46-45-34/h7,9,11-12,16-17,21-22,24-25,28,32,38H,5-6,8,10,13-15,18-19H2,1-4H3,(H,36,39)/t21-,22-,24+,25+,28?,32-,34-,35-/m1/s1. The van der Waals surface area contributed by atoms with Crippen molar-refractivity contribution >= 4 is 17.0 Å². The molecule has 3 aromatic rings. The summed E-state index contributed by atoms with van der Waals surface area (Å²) in [6.45, 7) is 8.91.